The van der Waals surface area contributed by atoms with Gasteiger partial charge in [-0.2, -0.15) is 5.10 Å². The molecule has 2 heterocycles. The molecule has 1 aromatic heterocycles. The van der Waals surface area contributed by atoms with Crippen molar-refractivity contribution in [1.29, 1.82) is 0 Å². The lowest BCUT2D eigenvalue weighted by Gasteiger charge is -2.22. The summed E-state index contributed by atoms with van der Waals surface area (Å²) in [6, 6.07) is 0. The molecule has 1 saturated heterocycles. The third-order valence-corrected chi connectivity index (χ3v) is 2.05. The molecule has 1 aliphatic heterocycles. The second-order valence-corrected chi connectivity index (χ2v) is 3.13. The summed E-state index contributed by atoms with van der Waals surface area (Å²) in [5.41, 5.74) is 11.5. The number of nitrogen functional groups attached to an aromatic ring is 2. The Morgan fingerprint density at radius 2 is 2.07 bits per heavy atom. The number of aromatic nitrogens is 2. The lowest BCUT2D eigenvalue weighted by molar-refractivity contribution is 0.0354. The van der Waals surface area contributed by atoms with Crippen LogP contribution in [0.5, 0.6) is 0 Å². The molecule has 0 saturated carbocycles. The summed E-state index contributed by atoms with van der Waals surface area (Å²) in [7, 11) is 0. The van der Waals surface area contributed by atoms with E-state index in [4.69, 9.17) is 16.2 Å². The number of aromatic amines is 1. The fourth-order valence-corrected chi connectivity index (χ4v) is 1.22. The summed E-state index contributed by atoms with van der Waals surface area (Å²) < 4.78 is 5.17. The van der Waals surface area contributed by atoms with Gasteiger partial charge in [-0.3, -0.25) is 10.1 Å². The number of nitrogens with zero attached hydrogens (tertiary/aromatic N) is 4. The Morgan fingerprint density at radius 3 is 2.67 bits per heavy atom. The van der Waals surface area contributed by atoms with E-state index in [1.807, 2.05) is 0 Å². The molecule has 8 heteroatoms. The maximum atomic E-state index is 5.56. The number of nitrogens with two attached hydrogens (primary N) is 2. The molecule has 0 aromatic carbocycles. The van der Waals surface area contributed by atoms with Crippen molar-refractivity contribution in [1.82, 2.24) is 15.2 Å². The van der Waals surface area contributed by atoms with Gasteiger partial charge in [0.15, 0.2) is 11.5 Å². The van der Waals surface area contributed by atoms with Gasteiger partial charge in [-0.05, 0) is 0 Å². The van der Waals surface area contributed by atoms with E-state index in [1.54, 1.807) is 5.01 Å². The molecule has 5 N–H and O–H groups in total. The first-order chi connectivity index (χ1) is 7.27. The Morgan fingerprint density at radius 1 is 1.33 bits per heavy atom. The molecule has 15 heavy (non-hydrogen) atoms. The van der Waals surface area contributed by atoms with Crippen LogP contribution in [-0.2, 0) is 4.74 Å². The molecular weight excluding hydrogens is 198 g/mol. The van der Waals surface area contributed by atoms with Crippen LogP contribution >= 0.6 is 0 Å². The van der Waals surface area contributed by atoms with Gasteiger partial charge in [0.2, 0.25) is 0 Å². The zero-order chi connectivity index (χ0) is 10.7. The van der Waals surface area contributed by atoms with Crippen LogP contribution in [0.2, 0.25) is 0 Å². The van der Waals surface area contributed by atoms with Crippen molar-refractivity contribution in [2.24, 2.45) is 10.3 Å². The first-order valence-corrected chi connectivity index (χ1v) is 4.61. The standard InChI is InChI=1S/C7H13N7O/c8-6-5(7(9)12-11-6)10-13-14-1-3-15-4-2-14/h1-4H2,(H5,8,9,11,12). The number of nitrogens with one attached hydrogen (secondary N) is 1. The summed E-state index contributed by atoms with van der Waals surface area (Å²) in [6.07, 6.45) is 0. The summed E-state index contributed by atoms with van der Waals surface area (Å²) in [6.45, 7) is 2.77. The van der Waals surface area contributed by atoms with Crippen molar-refractivity contribution >= 4 is 17.3 Å². The molecule has 2 rings (SSSR count). The fraction of sp³-hybridized carbons (Fsp3) is 0.571. The Labute approximate surface area is 86.3 Å². The van der Waals surface area contributed by atoms with Crippen LogP contribution in [0.1, 0.15) is 0 Å². The minimum absolute atomic E-state index is 0.254. The van der Waals surface area contributed by atoms with Gasteiger partial charge < -0.3 is 16.2 Å². The summed E-state index contributed by atoms with van der Waals surface area (Å²) in [5, 5.41) is 16.0. The molecule has 0 atom stereocenters. The second kappa shape index (κ2) is 4.13. The van der Waals surface area contributed by atoms with Gasteiger partial charge in [0.1, 0.15) is 5.82 Å². The lowest BCUT2D eigenvalue weighted by atomic mass is 10.5. The first-order valence-electron chi connectivity index (χ1n) is 4.61. The van der Waals surface area contributed by atoms with Gasteiger partial charge in [0.05, 0.1) is 26.3 Å². The van der Waals surface area contributed by atoms with Crippen LogP contribution in [0.25, 0.3) is 0 Å². The monoisotopic (exact) mass is 211 g/mol. The average molecular weight is 211 g/mol. The van der Waals surface area contributed by atoms with Crippen molar-refractivity contribution in [3.05, 3.63) is 0 Å². The zero-order valence-corrected chi connectivity index (χ0v) is 8.18. The van der Waals surface area contributed by atoms with Gasteiger partial charge in [-0.1, -0.05) is 5.22 Å². The number of hydrogen-bond donors (Lipinski definition) is 3. The molecule has 1 fully saturated rings. The van der Waals surface area contributed by atoms with E-state index in [-0.39, 0.29) is 5.82 Å². The molecular formula is C7H13N7O. The smallest absolute Gasteiger partial charge is 0.175 e. The van der Waals surface area contributed by atoms with Crippen molar-refractivity contribution < 1.29 is 4.74 Å². The van der Waals surface area contributed by atoms with Gasteiger partial charge in [-0.15, -0.1) is 5.11 Å². The van der Waals surface area contributed by atoms with Gasteiger partial charge in [-0.25, -0.2) is 0 Å². The van der Waals surface area contributed by atoms with Gasteiger partial charge in [0, 0.05) is 0 Å². The van der Waals surface area contributed by atoms with E-state index in [0.717, 1.165) is 13.1 Å². The first kappa shape index (κ1) is 9.71. The van der Waals surface area contributed by atoms with Crippen LogP contribution in [0.4, 0.5) is 17.3 Å². The lowest BCUT2D eigenvalue weighted by Crippen LogP contribution is -2.31. The minimum Gasteiger partial charge on any atom is -0.382 e. The van der Waals surface area contributed by atoms with Crippen LogP contribution in [0.15, 0.2) is 10.3 Å². The Balaban J connectivity index is 2.03. The summed E-state index contributed by atoms with van der Waals surface area (Å²) in [5.74, 6) is 0.578. The minimum atomic E-state index is 0.254. The fourth-order valence-electron chi connectivity index (χ4n) is 1.22. The Bertz CT molecular complexity index is 335. The largest absolute Gasteiger partial charge is 0.382 e. The molecule has 0 radical (unpaired) electrons. The van der Waals surface area contributed by atoms with Crippen LogP contribution in [0, 0.1) is 0 Å². The van der Waals surface area contributed by atoms with E-state index < -0.39 is 0 Å². The molecule has 0 unspecified atom stereocenters. The molecule has 0 amide bonds. The van der Waals surface area contributed by atoms with E-state index in [2.05, 4.69) is 20.5 Å². The van der Waals surface area contributed by atoms with E-state index in [1.165, 1.54) is 0 Å². The topological polar surface area (TPSA) is 118 Å². The van der Waals surface area contributed by atoms with Crippen LogP contribution in [-0.4, -0.2) is 41.5 Å². The molecule has 0 spiro atoms. The Kier molecular flexibility index (Phi) is 2.68. The zero-order valence-electron chi connectivity index (χ0n) is 8.18. The SMILES string of the molecule is Nc1n[nH]c(N)c1N=NN1CCOCC1. The van der Waals surface area contributed by atoms with E-state index >= 15 is 0 Å². The molecule has 1 aliphatic rings. The Hall–Kier alpha value is -1.83. The van der Waals surface area contributed by atoms with Crippen molar-refractivity contribution in [2.75, 3.05) is 37.8 Å². The normalized spacial score (nSPS) is 17.5. The van der Waals surface area contributed by atoms with Crippen LogP contribution < -0.4 is 11.5 Å². The predicted molar refractivity (Wildman–Crippen MR) is 54.3 cm³/mol. The van der Waals surface area contributed by atoms with Crippen LogP contribution in [0.3, 0.4) is 0 Å². The quantitative estimate of drug-likeness (QED) is 0.590. The van der Waals surface area contributed by atoms with Gasteiger partial charge in [0.25, 0.3) is 0 Å². The number of morpholine rings is 1. The molecule has 8 nitrogen and oxygen atoms in total. The van der Waals surface area contributed by atoms with Crippen molar-refractivity contribution in [3.8, 4) is 0 Å². The average Bonchev–Trinajstić information content (AvgIpc) is 2.58. The third kappa shape index (κ3) is 2.15. The number of rotatable bonds is 2. The van der Waals surface area contributed by atoms with E-state index in [0.29, 0.717) is 24.7 Å². The highest BCUT2D eigenvalue weighted by Crippen LogP contribution is 2.26. The maximum absolute atomic E-state index is 5.56. The number of H-pyrrole nitrogens is 1. The molecule has 0 aliphatic carbocycles. The predicted octanol–water partition coefficient (Wildman–Crippen LogP) is -0.0950. The van der Waals surface area contributed by atoms with E-state index in [9.17, 15) is 0 Å². The van der Waals surface area contributed by atoms with Crippen molar-refractivity contribution in [2.45, 2.75) is 0 Å². The van der Waals surface area contributed by atoms with Crippen molar-refractivity contribution in [3.63, 3.8) is 0 Å². The number of hydrogen-bond acceptors (Lipinski definition) is 6. The molecule has 82 valence electrons. The number of ether oxygens (including phenoxy) is 1. The molecule has 0 bridgehead atoms. The summed E-state index contributed by atoms with van der Waals surface area (Å²) >= 11 is 0. The highest BCUT2D eigenvalue weighted by atomic mass is 16.5. The highest BCUT2D eigenvalue weighted by Gasteiger charge is 2.10. The summed E-state index contributed by atoms with van der Waals surface area (Å²) in [4.78, 5) is 0. The third-order valence-electron chi connectivity index (χ3n) is 2.05. The molecule has 1 aromatic rings. The maximum Gasteiger partial charge on any atom is 0.175 e. The number of anilines is 2. The highest BCUT2D eigenvalue weighted by molar-refractivity contribution is 5.69. The second-order valence-electron chi connectivity index (χ2n) is 3.13. The van der Waals surface area contributed by atoms with Gasteiger partial charge >= 0.3 is 0 Å².